The lowest BCUT2D eigenvalue weighted by atomic mass is 9.90. The highest BCUT2D eigenvalue weighted by molar-refractivity contribution is 5.76. The number of aliphatic carboxylic acids is 1. The maximum Gasteiger partial charge on any atom is 0.304 e. The van der Waals surface area contributed by atoms with E-state index in [-0.39, 0.29) is 18.4 Å². The van der Waals surface area contributed by atoms with Gasteiger partial charge in [-0.1, -0.05) is 24.3 Å². The largest absolute Gasteiger partial charge is 0.492 e. The lowest BCUT2D eigenvalue weighted by Gasteiger charge is -2.18. The van der Waals surface area contributed by atoms with Crippen LogP contribution in [-0.4, -0.2) is 22.7 Å². The Labute approximate surface area is 221 Å². The second kappa shape index (κ2) is 9.89. The zero-order chi connectivity index (χ0) is 26.2. The summed E-state index contributed by atoms with van der Waals surface area (Å²) in [5.74, 6) is 1.87. The van der Waals surface area contributed by atoms with Gasteiger partial charge >= 0.3 is 5.97 Å². The van der Waals surface area contributed by atoms with Crippen molar-refractivity contribution in [1.29, 1.82) is 0 Å². The number of ether oxygens (including phenoxy) is 3. The summed E-state index contributed by atoms with van der Waals surface area (Å²) in [7, 11) is 0. The normalized spacial score (nSPS) is 17.5. The van der Waals surface area contributed by atoms with Gasteiger partial charge in [-0.2, -0.15) is 0 Å². The van der Waals surface area contributed by atoms with Crippen LogP contribution in [0.2, 0.25) is 0 Å². The molecule has 3 aromatic carbocycles. The zero-order valence-electron chi connectivity index (χ0n) is 21.4. The summed E-state index contributed by atoms with van der Waals surface area (Å²) < 4.78 is 23.4. The van der Waals surface area contributed by atoms with Crippen molar-refractivity contribution in [3.8, 4) is 28.4 Å². The minimum atomic E-state index is -0.816. The van der Waals surface area contributed by atoms with Crippen LogP contribution in [0.15, 0.2) is 65.4 Å². The number of hydrogen-bond acceptors (Lipinski definition) is 6. The number of carboxylic acids is 1. The summed E-state index contributed by atoms with van der Waals surface area (Å²) in [5.41, 5.74) is 8.21. The molecular formula is C31H29NO6. The molecule has 1 aliphatic heterocycles. The van der Waals surface area contributed by atoms with Gasteiger partial charge in [-0.3, -0.25) is 4.79 Å². The number of benzene rings is 3. The molecule has 1 unspecified atom stereocenters. The lowest BCUT2D eigenvalue weighted by Crippen LogP contribution is -2.07. The molecule has 0 radical (unpaired) electrons. The average Bonchev–Trinajstić information content (AvgIpc) is 3.64. The number of aromatic nitrogens is 1. The number of carboxylic acid groups (broad SMARTS) is 1. The average molecular weight is 512 g/mol. The second-order valence-electron chi connectivity index (χ2n) is 9.97. The Balaban J connectivity index is 1.22. The zero-order valence-corrected chi connectivity index (χ0v) is 21.4. The topological polar surface area (TPSA) is 91.0 Å². The molecule has 1 aromatic heterocycles. The molecule has 194 valence electrons. The van der Waals surface area contributed by atoms with Gasteiger partial charge in [0.1, 0.15) is 29.6 Å². The molecule has 1 aliphatic carbocycles. The molecule has 1 N–H and O–H groups in total. The van der Waals surface area contributed by atoms with Gasteiger partial charge in [-0.25, -0.2) is 4.98 Å². The summed E-state index contributed by atoms with van der Waals surface area (Å²) >= 11 is 0. The summed E-state index contributed by atoms with van der Waals surface area (Å²) in [5, 5.41) is 9.16. The fraction of sp³-hybridized carbons (Fsp3) is 0.290. The minimum absolute atomic E-state index is 0.0526. The van der Waals surface area contributed by atoms with Gasteiger partial charge in [0, 0.05) is 17.5 Å². The van der Waals surface area contributed by atoms with E-state index < -0.39 is 5.97 Å². The highest BCUT2D eigenvalue weighted by atomic mass is 16.5. The van der Waals surface area contributed by atoms with Gasteiger partial charge in [0.25, 0.3) is 0 Å². The van der Waals surface area contributed by atoms with Crippen LogP contribution in [0.4, 0.5) is 0 Å². The van der Waals surface area contributed by atoms with Crippen molar-refractivity contribution in [1.82, 2.24) is 4.98 Å². The Bertz CT molecular complexity index is 1470. The van der Waals surface area contributed by atoms with Crippen LogP contribution in [0.3, 0.4) is 0 Å². The van der Waals surface area contributed by atoms with E-state index in [0.29, 0.717) is 19.1 Å². The third-order valence-corrected chi connectivity index (χ3v) is 7.40. The van der Waals surface area contributed by atoms with Gasteiger partial charge < -0.3 is 23.7 Å². The maximum absolute atomic E-state index is 11.1. The van der Waals surface area contributed by atoms with Gasteiger partial charge in [-0.05, 0) is 78.3 Å². The van der Waals surface area contributed by atoms with Crippen LogP contribution in [0, 0.1) is 13.8 Å². The van der Waals surface area contributed by atoms with E-state index >= 15 is 0 Å². The summed E-state index contributed by atoms with van der Waals surface area (Å²) in [6, 6.07) is 16.3. The Kier molecular flexibility index (Phi) is 6.27. The number of oxazole rings is 1. The van der Waals surface area contributed by atoms with Gasteiger partial charge in [0.15, 0.2) is 6.61 Å². The molecule has 2 aliphatic rings. The van der Waals surface area contributed by atoms with E-state index in [4.69, 9.17) is 23.7 Å². The third-order valence-electron chi connectivity index (χ3n) is 7.40. The number of hydrogen-bond donors (Lipinski definition) is 1. The standard InChI is InChI=1S/C31H29NO6/c1-18-12-22(36-17-29-32-10-11-35-29)13-19(2)31(18)26-5-3-4-25-24(26)8-9-27(25)38-21-6-7-23-20(14-30(33)34)16-37-28(23)15-21/h3-7,10-13,15,20,27H,8-9,14,16-17H2,1-2H3,(H,33,34)/t20-,27?/m1/s1. The van der Waals surface area contributed by atoms with E-state index in [0.717, 1.165) is 46.8 Å². The highest BCUT2D eigenvalue weighted by Gasteiger charge is 2.30. The molecule has 2 heterocycles. The Morgan fingerprint density at radius 1 is 1.08 bits per heavy atom. The molecule has 6 rings (SSSR count). The molecule has 0 amide bonds. The van der Waals surface area contributed by atoms with Crippen molar-refractivity contribution in [2.75, 3.05) is 6.61 Å². The van der Waals surface area contributed by atoms with Crippen LogP contribution >= 0.6 is 0 Å². The smallest absolute Gasteiger partial charge is 0.304 e. The molecule has 7 nitrogen and oxygen atoms in total. The first-order chi connectivity index (χ1) is 18.5. The number of nitrogens with zero attached hydrogens (tertiary/aromatic N) is 1. The quantitative estimate of drug-likeness (QED) is 0.287. The second-order valence-corrected chi connectivity index (χ2v) is 9.97. The monoisotopic (exact) mass is 511 g/mol. The van der Waals surface area contributed by atoms with Crippen LogP contribution in [0.5, 0.6) is 17.2 Å². The highest BCUT2D eigenvalue weighted by Crippen LogP contribution is 2.44. The van der Waals surface area contributed by atoms with Crippen molar-refractivity contribution in [3.05, 3.63) is 94.7 Å². The SMILES string of the molecule is Cc1cc(OCc2ncco2)cc(C)c1-c1cccc2c1CCC2Oc1ccc2c(c1)OC[C@H]2CC(=O)O. The fourth-order valence-corrected chi connectivity index (χ4v) is 5.75. The van der Waals surface area contributed by atoms with Crippen molar-refractivity contribution in [3.63, 3.8) is 0 Å². The Morgan fingerprint density at radius 3 is 2.68 bits per heavy atom. The first-order valence-electron chi connectivity index (χ1n) is 12.9. The van der Waals surface area contributed by atoms with Crippen LogP contribution in [0.25, 0.3) is 11.1 Å². The number of carbonyl (C=O) groups is 1. The summed E-state index contributed by atoms with van der Waals surface area (Å²) in [4.78, 5) is 15.3. The van der Waals surface area contributed by atoms with Crippen molar-refractivity contribution >= 4 is 5.97 Å². The van der Waals surface area contributed by atoms with Gasteiger partial charge in [0.2, 0.25) is 5.89 Å². The molecule has 2 atom stereocenters. The van der Waals surface area contributed by atoms with E-state index in [1.54, 1.807) is 12.5 Å². The Morgan fingerprint density at radius 2 is 1.92 bits per heavy atom. The van der Waals surface area contributed by atoms with Crippen LogP contribution in [0.1, 0.15) is 58.6 Å². The molecule has 0 saturated heterocycles. The molecule has 0 spiro atoms. The van der Waals surface area contributed by atoms with Crippen molar-refractivity contribution in [2.45, 2.75) is 51.7 Å². The van der Waals surface area contributed by atoms with Crippen LogP contribution in [-0.2, 0) is 17.8 Å². The van der Waals surface area contributed by atoms with E-state index in [2.05, 4.69) is 49.2 Å². The van der Waals surface area contributed by atoms with Gasteiger partial charge in [-0.15, -0.1) is 0 Å². The lowest BCUT2D eigenvalue weighted by molar-refractivity contribution is -0.137. The Hall–Kier alpha value is -4.26. The van der Waals surface area contributed by atoms with E-state index in [9.17, 15) is 4.79 Å². The van der Waals surface area contributed by atoms with Crippen molar-refractivity contribution < 1.29 is 28.5 Å². The number of rotatable bonds is 8. The molecular weight excluding hydrogens is 482 g/mol. The van der Waals surface area contributed by atoms with E-state index in [1.165, 1.54) is 22.3 Å². The number of aryl methyl sites for hydroxylation is 2. The predicted octanol–water partition coefficient (Wildman–Crippen LogP) is 6.55. The third kappa shape index (κ3) is 4.60. The molecule has 0 saturated carbocycles. The predicted molar refractivity (Wildman–Crippen MR) is 141 cm³/mol. The molecule has 7 heteroatoms. The molecule has 0 fully saturated rings. The molecule has 38 heavy (non-hydrogen) atoms. The summed E-state index contributed by atoms with van der Waals surface area (Å²) in [6.45, 7) is 4.91. The summed E-state index contributed by atoms with van der Waals surface area (Å²) in [6.07, 6.45) is 4.99. The molecule has 4 aromatic rings. The fourth-order valence-electron chi connectivity index (χ4n) is 5.75. The van der Waals surface area contributed by atoms with E-state index in [1.807, 2.05) is 18.2 Å². The maximum atomic E-state index is 11.1. The van der Waals surface area contributed by atoms with Gasteiger partial charge in [0.05, 0.1) is 19.2 Å². The van der Waals surface area contributed by atoms with Crippen molar-refractivity contribution in [2.24, 2.45) is 0 Å². The first-order valence-corrected chi connectivity index (χ1v) is 12.9. The minimum Gasteiger partial charge on any atom is -0.492 e. The van der Waals surface area contributed by atoms with Crippen LogP contribution < -0.4 is 14.2 Å². The first kappa shape index (κ1) is 24.1. The number of fused-ring (bicyclic) bond motifs is 2. The molecule has 0 bridgehead atoms.